The van der Waals surface area contributed by atoms with E-state index in [9.17, 15) is 9.18 Å². The number of amides is 1. The van der Waals surface area contributed by atoms with E-state index in [0.29, 0.717) is 13.2 Å². The summed E-state index contributed by atoms with van der Waals surface area (Å²) in [7, 11) is 0. The molecule has 2 heterocycles. The third-order valence-electron chi connectivity index (χ3n) is 4.32. The average Bonchev–Trinajstić information content (AvgIpc) is 2.56. The van der Waals surface area contributed by atoms with Crippen LogP contribution in [0.1, 0.15) is 43.7 Å². The van der Waals surface area contributed by atoms with Gasteiger partial charge in [-0.25, -0.2) is 4.39 Å². The molecule has 0 radical (unpaired) electrons. The molecule has 0 aliphatic carbocycles. The van der Waals surface area contributed by atoms with Crippen LogP contribution in [0.5, 0.6) is 0 Å². The van der Waals surface area contributed by atoms with Gasteiger partial charge in [-0.05, 0) is 43.4 Å². The number of hydrogen-bond acceptors (Lipinski definition) is 3. The zero-order chi connectivity index (χ0) is 15.4. The zero-order valence-corrected chi connectivity index (χ0v) is 12.7. The molecule has 1 atom stereocenters. The number of benzene rings is 1. The lowest BCUT2D eigenvalue weighted by molar-refractivity contribution is -0.188. The molecule has 2 aliphatic heterocycles. The van der Waals surface area contributed by atoms with E-state index in [-0.39, 0.29) is 24.2 Å². The summed E-state index contributed by atoms with van der Waals surface area (Å²) in [6.07, 6.45) is 3.74. The number of carbonyl (C=O) groups excluding carboxylic acids is 1. The van der Waals surface area contributed by atoms with Crippen LogP contribution >= 0.6 is 0 Å². The molecule has 0 spiro atoms. The van der Waals surface area contributed by atoms with Crippen molar-refractivity contribution in [3.05, 3.63) is 35.6 Å². The zero-order valence-electron chi connectivity index (χ0n) is 12.7. The molecular formula is C17H22FNO3. The van der Waals surface area contributed by atoms with Crippen LogP contribution < -0.4 is 0 Å². The van der Waals surface area contributed by atoms with E-state index < -0.39 is 6.29 Å². The maximum absolute atomic E-state index is 13.1. The Labute approximate surface area is 130 Å². The second-order valence-electron chi connectivity index (χ2n) is 5.88. The van der Waals surface area contributed by atoms with E-state index >= 15 is 0 Å². The molecule has 4 nitrogen and oxygen atoms in total. The highest BCUT2D eigenvalue weighted by molar-refractivity contribution is 5.77. The first-order chi connectivity index (χ1) is 10.7. The Hall–Kier alpha value is -1.46. The monoisotopic (exact) mass is 307 g/mol. The lowest BCUT2D eigenvalue weighted by Crippen LogP contribution is -2.41. The van der Waals surface area contributed by atoms with E-state index in [1.54, 1.807) is 12.1 Å². The number of hydrogen-bond donors (Lipinski definition) is 0. The van der Waals surface area contributed by atoms with Gasteiger partial charge in [-0.15, -0.1) is 0 Å². The standard InChI is InChI=1S/C17H22FNO3/c18-14-7-5-13(6-8-14)15-4-1-2-9-19(15)16(20)12-17-21-10-3-11-22-17/h5-8,15,17H,1-4,9-12H2/t15-/m0/s1. The first-order valence-electron chi connectivity index (χ1n) is 8.02. The van der Waals surface area contributed by atoms with Gasteiger partial charge < -0.3 is 14.4 Å². The summed E-state index contributed by atoms with van der Waals surface area (Å²) < 4.78 is 24.1. The smallest absolute Gasteiger partial charge is 0.228 e. The summed E-state index contributed by atoms with van der Waals surface area (Å²) in [6, 6.07) is 6.50. The van der Waals surface area contributed by atoms with E-state index in [2.05, 4.69) is 0 Å². The number of halogens is 1. The minimum absolute atomic E-state index is 0.0328. The van der Waals surface area contributed by atoms with Gasteiger partial charge in [-0.1, -0.05) is 12.1 Å². The van der Waals surface area contributed by atoms with Gasteiger partial charge in [0.2, 0.25) is 5.91 Å². The molecule has 22 heavy (non-hydrogen) atoms. The molecule has 2 saturated heterocycles. The van der Waals surface area contributed by atoms with Crippen LogP contribution in [-0.2, 0) is 14.3 Å². The molecule has 2 aliphatic rings. The number of ether oxygens (including phenoxy) is 2. The van der Waals surface area contributed by atoms with Crippen molar-refractivity contribution >= 4 is 5.91 Å². The van der Waals surface area contributed by atoms with Crippen LogP contribution in [0.3, 0.4) is 0 Å². The molecule has 5 heteroatoms. The van der Waals surface area contributed by atoms with Crippen LogP contribution in [0.2, 0.25) is 0 Å². The Balaban J connectivity index is 1.68. The summed E-state index contributed by atoms with van der Waals surface area (Å²) in [5.41, 5.74) is 1.000. The molecule has 1 amide bonds. The first kappa shape index (κ1) is 15.4. The third-order valence-corrected chi connectivity index (χ3v) is 4.32. The van der Waals surface area contributed by atoms with Gasteiger partial charge in [0.05, 0.1) is 25.7 Å². The van der Waals surface area contributed by atoms with Crippen LogP contribution in [0.15, 0.2) is 24.3 Å². The van der Waals surface area contributed by atoms with E-state index in [1.807, 2.05) is 4.90 Å². The highest BCUT2D eigenvalue weighted by atomic mass is 19.1. The second-order valence-corrected chi connectivity index (χ2v) is 5.88. The van der Waals surface area contributed by atoms with Crippen molar-refractivity contribution in [1.29, 1.82) is 0 Å². The SMILES string of the molecule is O=C(CC1OCCCO1)N1CCCC[C@H]1c1ccc(F)cc1. The molecule has 3 rings (SSSR count). The summed E-state index contributed by atoms with van der Waals surface area (Å²) in [5, 5.41) is 0. The summed E-state index contributed by atoms with van der Waals surface area (Å²) in [4.78, 5) is 14.5. The van der Waals surface area contributed by atoms with Crippen molar-refractivity contribution in [1.82, 2.24) is 4.90 Å². The molecule has 1 aromatic rings. The van der Waals surface area contributed by atoms with Gasteiger partial charge in [0, 0.05) is 6.54 Å². The fourth-order valence-electron chi connectivity index (χ4n) is 3.18. The van der Waals surface area contributed by atoms with Gasteiger partial charge in [-0.3, -0.25) is 4.79 Å². The normalized spacial score (nSPS) is 23.5. The Morgan fingerprint density at radius 1 is 1.14 bits per heavy atom. The number of piperidine rings is 1. The maximum Gasteiger partial charge on any atom is 0.228 e. The van der Waals surface area contributed by atoms with Crippen LogP contribution in [0.4, 0.5) is 4.39 Å². The Bertz CT molecular complexity index is 499. The summed E-state index contributed by atoms with van der Waals surface area (Å²) in [6.45, 7) is 2.05. The Morgan fingerprint density at radius 3 is 2.59 bits per heavy atom. The molecule has 0 N–H and O–H groups in total. The van der Waals surface area contributed by atoms with Crippen molar-refractivity contribution in [3.8, 4) is 0 Å². The number of likely N-dealkylation sites (tertiary alicyclic amines) is 1. The van der Waals surface area contributed by atoms with Gasteiger partial charge in [-0.2, -0.15) is 0 Å². The van der Waals surface area contributed by atoms with E-state index in [1.165, 1.54) is 12.1 Å². The van der Waals surface area contributed by atoms with Crippen molar-refractivity contribution in [2.45, 2.75) is 44.4 Å². The number of carbonyl (C=O) groups is 1. The van der Waals surface area contributed by atoms with Gasteiger partial charge in [0.25, 0.3) is 0 Å². The number of nitrogens with zero attached hydrogens (tertiary/aromatic N) is 1. The highest BCUT2D eigenvalue weighted by Crippen LogP contribution is 2.32. The second kappa shape index (κ2) is 7.20. The summed E-state index contributed by atoms with van der Waals surface area (Å²) in [5.74, 6) is -0.192. The molecule has 0 saturated carbocycles. The van der Waals surface area contributed by atoms with Gasteiger partial charge >= 0.3 is 0 Å². The topological polar surface area (TPSA) is 38.8 Å². The van der Waals surface area contributed by atoms with Gasteiger partial charge in [0.15, 0.2) is 6.29 Å². The Kier molecular flexibility index (Phi) is 5.05. The lowest BCUT2D eigenvalue weighted by atomic mass is 9.95. The number of rotatable bonds is 3. The molecule has 0 unspecified atom stereocenters. The minimum atomic E-state index is -0.419. The van der Waals surface area contributed by atoms with Crippen molar-refractivity contribution in [2.24, 2.45) is 0 Å². The largest absolute Gasteiger partial charge is 0.352 e. The first-order valence-corrected chi connectivity index (χ1v) is 8.02. The Morgan fingerprint density at radius 2 is 1.86 bits per heavy atom. The molecule has 0 bridgehead atoms. The van der Waals surface area contributed by atoms with Crippen molar-refractivity contribution in [3.63, 3.8) is 0 Å². The van der Waals surface area contributed by atoms with Crippen LogP contribution in [-0.4, -0.2) is 36.9 Å². The summed E-state index contributed by atoms with van der Waals surface area (Å²) >= 11 is 0. The third kappa shape index (κ3) is 3.65. The van der Waals surface area contributed by atoms with Crippen LogP contribution in [0.25, 0.3) is 0 Å². The molecule has 2 fully saturated rings. The molecule has 0 aromatic heterocycles. The lowest BCUT2D eigenvalue weighted by Gasteiger charge is -2.37. The highest BCUT2D eigenvalue weighted by Gasteiger charge is 2.30. The molecule has 120 valence electrons. The van der Waals surface area contributed by atoms with E-state index in [4.69, 9.17) is 9.47 Å². The minimum Gasteiger partial charge on any atom is -0.352 e. The fraction of sp³-hybridized carbons (Fsp3) is 0.588. The molecular weight excluding hydrogens is 285 g/mol. The average molecular weight is 307 g/mol. The maximum atomic E-state index is 13.1. The van der Waals surface area contributed by atoms with Crippen LogP contribution in [0, 0.1) is 5.82 Å². The predicted octanol–water partition coefficient (Wildman–Crippen LogP) is 3.03. The van der Waals surface area contributed by atoms with E-state index in [0.717, 1.165) is 37.8 Å². The van der Waals surface area contributed by atoms with Crippen molar-refractivity contribution in [2.75, 3.05) is 19.8 Å². The quantitative estimate of drug-likeness (QED) is 0.861. The van der Waals surface area contributed by atoms with Gasteiger partial charge in [0.1, 0.15) is 5.82 Å². The van der Waals surface area contributed by atoms with Crippen molar-refractivity contribution < 1.29 is 18.7 Å². The fourth-order valence-corrected chi connectivity index (χ4v) is 3.18. The molecule has 1 aromatic carbocycles. The predicted molar refractivity (Wildman–Crippen MR) is 79.6 cm³/mol.